The minimum absolute atomic E-state index is 0.0148. The topological polar surface area (TPSA) is 29.3 Å². The number of pyridine rings is 1. The molecule has 104 valence electrons. The number of anilines is 1. The van der Waals surface area contributed by atoms with Crippen LogP contribution in [-0.2, 0) is 0 Å². The van der Waals surface area contributed by atoms with Crippen molar-refractivity contribution in [3.63, 3.8) is 0 Å². The average molecular weight is 332 g/mol. The van der Waals surface area contributed by atoms with Crippen LogP contribution < -0.4 is 5.32 Å². The van der Waals surface area contributed by atoms with Gasteiger partial charge in [0.1, 0.15) is 11.5 Å². The smallest absolute Gasteiger partial charge is 0.138 e. The van der Waals surface area contributed by atoms with E-state index >= 15 is 0 Å². The van der Waals surface area contributed by atoms with Crippen molar-refractivity contribution in [2.45, 2.75) is 32.2 Å². The van der Waals surface area contributed by atoms with Gasteiger partial charge in [0.2, 0.25) is 0 Å². The summed E-state index contributed by atoms with van der Waals surface area (Å²) < 4.78 is 3.16. The number of hydrogen-bond acceptors (Lipinski definition) is 2. The third-order valence-corrected chi connectivity index (χ3v) is 3.64. The van der Waals surface area contributed by atoms with Crippen LogP contribution in [0.15, 0.2) is 47.1 Å². The average Bonchev–Trinajstić information content (AvgIpc) is 2.96. The summed E-state index contributed by atoms with van der Waals surface area (Å²) in [5, 5.41) is 3.59. The Kier molecular flexibility index (Phi) is 3.21. The lowest BCUT2D eigenvalue weighted by Crippen LogP contribution is -2.27. The zero-order valence-electron chi connectivity index (χ0n) is 11.9. The molecule has 1 aliphatic carbocycles. The predicted molar refractivity (Wildman–Crippen MR) is 87.3 cm³/mol. The Morgan fingerprint density at radius 1 is 1.20 bits per heavy atom. The van der Waals surface area contributed by atoms with Crippen molar-refractivity contribution in [3.05, 3.63) is 52.8 Å². The van der Waals surface area contributed by atoms with E-state index in [1.165, 1.54) is 0 Å². The van der Waals surface area contributed by atoms with E-state index in [-0.39, 0.29) is 11.5 Å². The molecular weight excluding hydrogens is 314 g/mol. The van der Waals surface area contributed by atoms with Gasteiger partial charge in [-0.1, -0.05) is 24.3 Å². The second-order valence-corrected chi connectivity index (χ2v) is 7.01. The van der Waals surface area contributed by atoms with Crippen LogP contribution in [0.4, 0.5) is 5.82 Å². The molecule has 0 aromatic carbocycles. The molecule has 0 unspecified atom stereocenters. The van der Waals surface area contributed by atoms with Crippen LogP contribution in [-0.4, -0.2) is 14.9 Å². The van der Waals surface area contributed by atoms with Crippen LogP contribution in [0.3, 0.4) is 0 Å². The first-order valence-corrected chi connectivity index (χ1v) is 7.54. The maximum atomic E-state index is 4.80. The lowest BCUT2D eigenvalue weighted by Gasteiger charge is -2.23. The second kappa shape index (κ2) is 4.77. The largest absolute Gasteiger partial charge is 0.365 e. The Balaban J connectivity index is 2.19. The maximum Gasteiger partial charge on any atom is 0.138 e. The number of fused-ring (bicyclic) bond motifs is 1. The van der Waals surface area contributed by atoms with E-state index in [4.69, 9.17) is 4.98 Å². The number of rotatable bonds is 2. The zero-order valence-corrected chi connectivity index (χ0v) is 13.5. The van der Waals surface area contributed by atoms with Gasteiger partial charge >= 0.3 is 0 Å². The summed E-state index contributed by atoms with van der Waals surface area (Å²) in [6.45, 7) is 6.48. The Hall–Kier alpha value is -1.55. The van der Waals surface area contributed by atoms with Gasteiger partial charge in [-0.15, -0.1) is 0 Å². The van der Waals surface area contributed by atoms with Crippen molar-refractivity contribution in [2.24, 2.45) is 0 Å². The highest BCUT2D eigenvalue weighted by molar-refractivity contribution is 9.10. The van der Waals surface area contributed by atoms with Crippen molar-refractivity contribution in [1.29, 1.82) is 0 Å². The van der Waals surface area contributed by atoms with Gasteiger partial charge in [0.05, 0.1) is 5.69 Å². The number of nitrogens with zero attached hydrogens (tertiary/aromatic N) is 2. The number of allylic oxidation sites excluding steroid dienone is 4. The first kappa shape index (κ1) is 13.4. The third-order valence-electron chi connectivity index (χ3n) is 3.17. The highest BCUT2D eigenvalue weighted by Crippen LogP contribution is 2.32. The minimum Gasteiger partial charge on any atom is -0.365 e. The van der Waals surface area contributed by atoms with Gasteiger partial charge in [-0.3, -0.25) is 4.40 Å². The number of nitrogens with one attached hydrogen (secondary N) is 1. The molecular formula is C16H18BrN3. The van der Waals surface area contributed by atoms with E-state index < -0.39 is 0 Å². The Morgan fingerprint density at radius 2 is 1.90 bits per heavy atom. The van der Waals surface area contributed by atoms with Gasteiger partial charge < -0.3 is 5.32 Å². The molecule has 4 heteroatoms. The fourth-order valence-electron chi connectivity index (χ4n) is 2.36. The van der Waals surface area contributed by atoms with Crippen molar-refractivity contribution in [2.75, 3.05) is 5.32 Å². The summed E-state index contributed by atoms with van der Waals surface area (Å²) in [6.07, 6.45) is 10.6. The predicted octanol–water partition coefficient (Wildman–Crippen LogP) is 4.52. The molecule has 0 fully saturated rings. The number of halogens is 1. The normalized spacial score (nSPS) is 15.4. The van der Waals surface area contributed by atoms with E-state index in [1.807, 2.05) is 12.1 Å². The molecule has 2 aromatic rings. The molecule has 0 saturated heterocycles. The second-order valence-electron chi connectivity index (χ2n) is 6.09. The van der Waals surface area contributed by atoms with E-state index in [9.17, 15) is 0 Å². The first-order chi connectivity index (χ1) is 9.44. The SMILES string of the molecule is CC(C)(C)Nc1c(C2C=CC=C2)nc2ccc(Br)cn12. The Bertz CT molecular complexity index is 692. The molecule has 0 radical (unpaired) electrons. The molecule has 3 rings (SSSR count). The molecule has 2 heterocycles. The molecule has 2 aromatic heterocycles. The molecule has 0 aliphatic heterocycles. The van der Waals surface area contributed by atoms with Crippen LogP contribution in [0, 0.1) is 0 Å². The standard InChI is InChI=1S/C16H18BrN3/c1-16(2,3)19-15-14(11-6-4-5-7-11)18-13-9-8-12(17)10-20(13)15/h4-11,19H,1-3H3. The number of hydrogen-bond donors (Lipinski definition) is 1. The van der Waals surface area contributed by atoms with Crippen LogP contribution in [0.5, 0.6) is 0 Å². The zero-order chi connectivity index (χ0) is 14.3. The van der Waals surface area contributed by atoms with Crippen molar-refractivity contribution < 1.29 is 0 Å². The van der Waals surface area contributed by atoms with Gasteiger partial charge in [0, 0.05) is 22.1 Å². The van der Waals surface area contributed by atoms with Crippen molar-refractivity contribution in [3.8, 4) is 0 Å². The lowest BCUT2D eigenvalue weighted by atomic mass is 10.1. The van der Waals surface area contributed by atoms with Gasteiger partial charge in [0.25, 0.3) is 0 Å². The van der Waals surface area contributed by atoms with Gasteiger partial charge in [-0.25, -0.2) is 4.98 Å². The van der Waals surface area contributed by atoms with E-state index in [1.54, 1.807) is 0 Å². The maximum absolute atomic E-state index is 4.80. The Morgan fingerprint density at radius 3 is 2.55 bits per heavy atom. The first-order valence-electron chi connectivity index (χ1n) is 6.75. The van der Waals surface area contributed by atoms with Gasteiger partial charge in [0.15, 0.2) is 0 Å². The number of aromatic nitrogens is 2. The summed E-state index contributed by atoms with van der Waals surface area (Å²) >= 11 is 3.53. The van der Waals surface area contributed by atoms with Crippen molar-refractivity contribution >= 4 is 27.4 Å². The van der Waals surface area contributed by atoms with E-state index in [0.29, 0.717) is 0 Å². The molecule has 0 spiro atoms. The lowest BCUT2D eigenvalue weighted by molar-refractivity contribution is 0.627. The quantitative estimate of drug-likeness (QED) is 0.876. The summed E-state index contributed by atoms with van der Waals surface area (Å²) in [4.78, 5) is 4.80. The summed E-state index contributed by atoms with van der Waals surface area (Å²) in [6, 6.07) is 4.05. The summed E-state index contributed by atoms with van der Waals surface area (Å²) in [7, 11) is 0. The molecule has 3 nitrogen and oxygen atoms in total. The van der Waals surface area contributed by atoms with Crippen LogP contribution in [0.1, 0.15) is 32.4 Å². The van der Waals surface area contributed by atoms with Crippen LogP contribution >= 0.6 is 15.9 Å². The van der Waals surface area contributed by atoms with Gasteiger partial charge in [-0.05, 0) is 48.8 Å². The molecule has 1 N–H and O–H groups in total. The molecule has 0 bridgehead atoms. The third kappa shape index (κ3) is 2.52. The molecule has 0 amide bonds. The highest BCUT2D eigenvalue weighted by atomic mass is 79.9. The minimum atomic E-state index is -0.0148. The van der Waals surface area contributed by atoms with E-state index in [0.717, 1.165) is 21.6 Å². The molecule has 0 saturated carbocycles. The fourth-order valence-corrected chi connectivity index (χ4v) is 2.70. The fraction of sp³-hybridized carbons (Fsp3) is 0.312. The van der Waals surface area contributed by atoms with Crippen LogP contribution in [0.25, 0.3) is 5.65 Å². The van der Waals surface area contributed by atoms with Gasteiger partial charge in [-0.2, -0.15) is 0 Å². The van der Waals surface area contributed by atoms with Crippen molar-refractivity contribution in [1.82, 2.24) is 9.38 Å². The van der Waals surface area contributed by atoms with Crippen LogP contribution in [0.2, 0.25) is 0 Å². The molecule has 1 aliphatic rings. The Labute approximate surface area is 127 Å². The van der Waals surface area contributed by atoms with E-state index in [2.05, 4.69) is 76.9 Å². The summed E-state index contributed by atoms with van der Waals surface area (Å²) in [5.41, 5.74) is 2.02. The monoisotopic (exact) mass is 331 g/mol. The summed E-state index contributed by atoms with van der Waals surface area (Å²) in [5.74, 6) is 1.31. The molecule has 0 atom stereocenters. The molecule has 20 heavy (non-hydrogen) atoms. The number of imidazole rings is 1. The highest BCUT2D eigenvalue weighted by Gasteiger charge is 2.22.